The number of hydrogen-bond acceptors (Lipinski definition) is 8. The largest absolute Gasteiger partial charge is 0.416 e. The Morgan fingerprint density at radius 1 is 1.30 bits per heavy atom. The first kappa shape index (κ1) is 19.5. The molecule has 0 bridgehead atoms. The number of nitrogens with one attached hydrogen (secondary N) is 1. The summed E-state index contributed by atoms with van der Waals surface area (Å²) >= 11 is 2.77. The minimum atomic E-state index is -0.434. The number of aryl methyl sites for hydroxylation is 2. The molecule has 3 rings (SSSR count). The highest BCUT2D eigenvalue weighted by molar-refractivity contribution is 8.00. The molecule has 0 saturated heterocycles. The Balaban J connectivity index is 1.70. The minimum Gasteiger partial charge on any atom is -0.416 e. The third-order valence-corrected chi connectivity index (χ3v) is 5.89. The molecule has 9 heteroatoms. The van der Waals surface area contributed by atoms with Crippen molar-refractivity contribution in [3.63, 3.8) is 0 Å². The summed E-state index contributed by atoms with van der Waals surface area (Å²) in [4.78, 5) is 32.0. The van der Waals surface area contributed by atoms with Crippen molar-refractivity contribution < 1.29 is 14.0 Å². The number of aromatic amines is 1. The van der Waals surface area contributed by atoms with Crippen molar-refractivity contribution in [3.05, 3.63) is 44.5 Å². The molecule has 3 aromatic rings. The average molecular weight is 405 g/mol. The highest BCUT2D eigenvalue weighted by Gasteiger charge is 2.25. The first-order valence-corrected chi connectivity index (χ1v) is 10.2. The van der Waals surface area contributed by atoms with Gasteiger partial charge in [0, 0.05) is 16.6 Å². The van der Waals surface area contributed by atoms with Gasteiger partial charge in [-0.2, -0.15) is 0 Å². The van der Waals surface area contributed by atoms with Crippen LogP contribution in [0.5, 0.6) is 0 Å². The smallest absolute Gasteiger partial charge is 0.277 e. The molecule has 0 aliphatic carbocycles. The van der Waals surface area contributed by atoms with E-state index >= 15 is 0 Å². The summed E-state index contributed by atoms with van der Waals surface area (Å²) in [6, 6.07) is 0. The number of carbonyl (C=O) groups is 2. The van der Waals surface area contributed by atoms with E-state index in [0.29, 0.717) is 40.0 Å². The Hall–Kier alpha value is -2.26. The molecule has 142 valence electrons. The topological polar surface area (TPSA) is 102 Å². The number of H-pyrrole nitrogens is 1. The number of rotatable bonds is 7. The van der Waals surface area contributed by atoms with Crippen LogP contribution in [0.25, 0.3) is 0 Å². The first-order chi connectivity index (χ1) is 12.8. The highest BCUT2D eigenvalue weighted by atomic mass is 32.2. The molecule has 3 heterocycles. The van der Waals surface area contributed by atoms with Gasteiger partial charge in [-0.15, -0.1) is 21.5 Å². The summed E-state index contributed by atoms with van der Waals surface area (Å²) < 4.78 is 5.64. The predicted octanol–water partition coefficient (Wildman–Crippen LogP) is 3.94. The Morgan fingerprint density at radius 3 is 2.63 bits per heavy atom. The third kappa shape index (κ3) is 4.19. The molecule has 1 atom stereocenters. The van der Waals surface area contributed by atoms with Gasteiger partial charge in [0.15, 0.2) is 11.6 Å². The van der Waals surface area contributed by atoms with Crippen molar-refractivity contribution in [2.45, 2.75) is 51.5 Å². The second kappa shape index (κ2) is 7.77. The number of Topliss-reactive ketones (excluding diaryl/α,β-unsaturated/α-hetero) is 2. The van der Waals surface area contributed by atoms with Crippen LogP contribution >= 0.6 is 23.1 Å². The molecule has 7 nitrogen and oxygen atoms in total. The van der Waals surface area contributed by atoms with E-state index in [4.69, 9.17) is 4.42 Å². The van der Waals surface area contributed by atoms with E-state index in [-0.39, 0.29) is 11.6 Å². The van der Waals surface area contributed by atoms with E-state index in [0.717, 1.165) is 10.7 Å². The standard InChI is InChI=1S/C18H20N4O3S2/c1-8-15(10(3)23)9(2)19-16(8)17(24)11(4)27-18-22-21-14(25-18)6-13-7-26-12(5)20-13/h7,11,19H,6H2,1-5H3/t11-/m0/s1. The number of thioether (sulfide) groups is 1. The van der Waals surface area contributed by atoms with Gasteiger partial charge < -0.3 is 9.40 Å². The molecule has 27 heavy (non-hydrogen) atoms. The van der Waals surface area contributed by atoms with Crippen LogP contribution in [-0.2, 0) is 6.42 Å². The van der Waals surface area contributed by atoms with E-state index < -0.39 is 5.25 Å². The van der Waals surface area contributed by atoms with Crippen LogP contribution in [-0.4, -0.2) is 37.0 Å². The molecule has 0 aliphatic heterocycles. The second-order valence-corrected chi connectivity index (χ2v) is 8.66. The summed E-state index contributed by atoms with van der Waals surface area (Å²) in [5.74, 6) is 0.301. The first-order valence-electron chi connectivity index (χ1n) is 8.40. The zero-order valence-corrected chi connectivity index (χ0v) is 17.4. The van der Waals surface area contributed by atoms with E-state index in [2.05, 4.69) is 20.2 Å². The summed E-state index contributed by atoms with van der Waals surface area (Å²) in [6.07, 6.45) is 0.469. The Labute approximate surface area is 165 Å². The minimum absolute atomic E-state index is 0.0561. The van der Waals surface area contributed by atoms with Crippen molar-refractivity contribution in [1.29, 1.82) is 0 Å². The number of thiazole rings is 1. The monoisotopic (exact) mass is 404 g/mol. The molecule has 0 radical (unpaired) electrons. The van der Waals surface area contributed by atoms with Crippen molar-refractivity contribution in [2.24, 2.45) is 0 Å². The molecule has 0 aromatic carbocycles. The zero-order chi connectivity index (χ0) is 19.7. The van der Waals surface area contributed by atoms with Crippen molar-refractivity contribution in [2.75, 3.05) is 0 Å². The van der Waals surface area contributed by atoms with Crippen LogP contribution in [0, 0.1) is 20.8 Å². The van der Waals surface area contributed by atoms with Crippen LogP contribution in [0.3, 0.4) is 0 Å². The van der Waals surface area contributed by atoms with E-state index in [1.807, 2.05) is 12.3 Å². The maximum absolute atomic E-state index is 12.8. The van der Waals surface area contributed by atoms with Crippen molar-refractivity contribution >= 4 is 34.7 Å². The lowest BCUT2D eigenvalue weighted by atomic mass is 10.0. The molecule has 0 spiro atoms. The fourth-order valence-corrected chi connectivity index (χ4v) is 4.31. The molecular formula is C18H20N4O3S2. The molecule has 3 aromatic heterocycles. The lowest BCUT2D eigenvalue weighted by Gasteiger charge is -2.07. The Kier molecular flexibility index (Phi) is 5.61. The number of hydrogen-bond donors (Lipinski definition) is 1. The van der Waals surface area contributed by atoms with Gasteiger partial charge in [0.2, 0.25) is 5.89 Å². The van der Waals surface area contributed by atoms with Gasteiger partial charge >= 0.3 is 0 Å². The van der Waals surface area contributed by atoms with E-state index in [9.17, 15) is 9.59 Å². The quantitative estimate of drug-likeness (QED) is 0.470. The maximum Gasteiger partial charge on any atom is 0.277 e. The predicted molar refractivity (Wildman–Crippen MR) is 104 cm³/mol. The van der Waals surface area contributed by atoms with Gasteiger partial charge in [0.25, 0.3) is 5.22 Å². The normalized spacial score (nSPS) is 12.3. The van der Waals surface area contributed by atoms with Crippen LogP contribution in [0.2, 0.25) is 0 Å². The van der Waals surface area contributed by atoms with Crippen molar-refractivity contribution in [1.82, 2.24) is 20.2 Å². The molecule has 0 unspecified atom stereocenters. The number of ketones is 2. The molecule has 0 amide bonds. The zero-order valence-electron chi connectivity index (χ0n) is 15.7. The van der Waals surface area contributed by atoms with Gasteiger partial charge in [-0.1, -0.05) is 11.8 Å². The summed E-state index contributed by atoms with van der Waals surface area (Å²) in [6.45, 7) is 8.80. The molecule has 0 fully saturated rings. The maximum atomic E-state index is 12.8. The summed E-state index contributed by atoms with van der Waals surface area (Å²) in [7, 11) is 0. The van der Waals surface area contributed by atoms with E-state index in [1.165, 1.54) is 18.7 Å². The number of nitrogens with zero attached hydrogens (tertiary/aromatic N) is 3. The average Bonchev–Trinajstić information content (AvgIpc) is 3.27. The molecule has 0 aliphatic rings. The highest BCUT2D eigenvalue weighted by Crippen LogP contribution is 2.27. The van der Waals surface area contributed by atoms with Gasteiger partial charge in [0.05, 0.1) is 28.1 Å². The lowest BCUT2D eigenvalue weighted by Crippen LogP contribution is -2.15. The third-order valence-electron chi connectivity index (χ3n) is 4.13. The fourth-order valence-electron chi connectivity index (χ4n) is 2.93. The van der Waals surface area contributed by atoms with Gasteiger partial charge in [-0.05, 0) is 40.2 Å². The SMILES string of the molecule is CC(=O)c1c(C)[nH]c(C(=O)[C@H](C)Sc2nnc(Cc3csc(C)n3)o2)c1C. The summed E-state index contributed by atoms with van der Waals surface area (Å²) in [5.41, 5.74) is 3.31. The summed E-state index contributed by atoms with van der Waals surface area (Å²) in [5, 5.41) is 10.9. The van der Waals surface area contributed by atoms with Gasteiger partial charge in [0.1, 0.15) is 0 Å². The van der Waals surface area contributed by atoms with Crippen molar-refractivity contribution in [3.8, 4) is 0 Å². The molecular weight excluding hydrogens is 384 g/mol. The number of carbonyl (C=O) groups excluding carboxylic acids is 2. The van der Waals surface area contributed by atoms with Gasteiger partial charge in [-0.25, -0.2) is 4.98 Å². The lowest BCUT2D eigenvalue weighted by molar-refractivity contribution is 0.0988. The van der Waals surface area contributed by atoms with E-state index in [1.54, 1.807) is 32.1 Å². The fraction of sp³-hybridized carbons (Fsp3) is 0.389. The second-order valence-electron chi connectivity index (χ2n) is 6.30. The molecule has 1 N–H and O–H groups in total. The van der Waals surface area contributed by atoms with Crippen LogP contribution in [0.1, 0.15) is 62.5 Å². The molecule has 0 saturated carbocycles. The van der Waals surface area contributed by atoms with Crippen LogP contribution in [0.15, 0.2) is 15.0 Å². The number of aromatic nitrogens is 4. The van der Waals surface area contributed by atoms with Gasteiger partial charge in [-0.3, -0.25) is 9.59 Å². The Bertz CT molecular complexity index is 1000. The Morgan fingerprint density at radius 2 is 2.04 bits per heavy atom. The van der Waals surface area contributed by atoms with Crippen LogP contribution in [0.4, 0.5) is 0 Å². The van der Waals surface area contributed by atoms with Crippen LogP contribution < -0.4 is 0 Å².